The predicted octanol–water partition coefficient (Wildman–Crippen LogP) is 3.15. The first-order chi connectivity index (χ1) is 9.74. The molecule has 2 aromatic heterocycles. The van der Waals surface area contributed by atoms with Crippen molar-refractivity contribution >= 4 is 11.6 Å². The van der Waals surface area contributed by atoms with Crippen LogP contribution in [0.3, 0.4) is 0 Å². The van der Waals surface area contributed by atoms with E-state index in [-0.39, 0.29) is 5.56 Å². The number of rotatable bonds is 2. The minimum atomic E-state index is -0.322. The molecule has 1 aromatic carbocycles. The first kappa shape index (κ1) is 12.6. The van der Waals surface area contributed by atoms with Gasteiger partial charge in [0.25, 0.3) is 5.56 Å². The second kappa shape index (κ2) is 5.27. The fraction of sp³-hybridized carbons (Fsp3) is 0. The van der Waals surface area contributed by atoms with E-state index in [0.29, 0.717) is 22.1 Å². The van der Waals surface area contributed by atoms with Crippen LogP contribution in [0, 0.1) is 0 Å². The third-order valence-corrected chi connectivity index (χ3v) is 3.18. The predicted molar refractivity (Wildman–Crippen MR) is 78.5 cm³/mol. The summed E-state index contributed by atoms with van der Waals surface area (Å²) in [6.45, 7) is 0. The topological polar surface area (TPSA) is 58.6 Å². The number of hydrogen-bond acceptors (Lipinski definition) is 3. The highest BCUT2D eigenvalue weighted by Gasteiger charge is 2.08. The molecule has 3 rings (SSSR count). The maximum absolute atomic E-state index is 11.8. The Bertz CT molecular complexity index is 799. The summed E-state index contributed by atoms with van der Waals surface area (Å²) < 4.78 is 0. The third kappa shape index (κ3) is 2.46. The van der Waals surface area contributed by atoms with Crippen LogP contribution in [-0.2, 0) is 0 Å². The van der Waals surface area contributed by atoms with Crippen LogP contribution in [0.25, 0.3) is 22.6 Å². The van der Waals surface area contributed by atoms with Gasteiger partial charge in [-0.1, -0.05) is 41.9 Å². The standard InChI is InChI=1S/C15H10ClN3O/c16-12-6-7-17-9-11(12)13-8-14(20)19-15(18-13)10-4-2-1-3-5-10/h1-9H,(H,18,19,20). The molecule has 98 valence electrons. The summed E-state index contributed by atoms with van der Waals surface area (Å²) in [5.41, 5.74) is 1.79. The Hall–Kier alpha value is -2.46. The van der Waals surface area contributed by atoms with Crippen LogP contribution in [0.2, 0.25) is 5.02 Å². The Morgan fingerprint density at radius 2 is 1.90 bits per heavy atom. The van der Waals surface area contributed by atoms with Crippen LogP contribution in [0.15, 0.2) is 59.7 Å². The lowest BCUT2D eigenvalue weighted by molar-refractivity contribution is 1.13. The van der Waals surface area contributed by atoms with Crippen LogP contribution < -0.4 is 5.56 Å². The highest BCUT2D eigenvalue weighted by Crippen LogP contribution is 2.25. The number of nitrogens with zero attached hydrogens (tertiary/aromatic N) is 2. The molecule has 0 amide bonds. The number of hydrogen-bond donors (Lipinski definition) is 1. The van der Waals surface area contributed by atoms with Crippen molar-refractivity contribution in [3.05, 3.63) is 70.2 Å². The molecule has 4 nitrogen and oxygen atoms in total. The van der Waals surface area contributed by atoms with E-state index in [9.17, 15) is 4.79 Å². The summed E-state index contributed by atoms with van der Waals surface area (Å²) in [7, 11) is 0. The molecule has 0 unspecified atom stereocenters. The molecule has 5 heteroatoms. The molecule has 0 saturated heterocycles. The SMILES string of the molecule is O=c1cc(-c2cnccc2Cl)[nH]c(-c2ccccc2)n1. The van der Waals surface area contributed by atoms with Crippen molar-refractivity contribution in [2.75, 3.05) is 0 Å². The highest BCUT2D eigenvalue weighted by atomic mass is 35.5. The zero-order chi connectivity index (χ0) is 13.9. The van der Waals surface area contributed by atoms with Crippen LogP contribution in [-0.4, -0.2) is 15.0 Å². The lowest BCUT2D eigenvalue weighted by Gasteiger charge is -2.06. The molecule has 0 radical (unpaired) electrons. The Kier molecular flexibility index (Phi) is 3.31. The first-order valence-corrected chi connectivity index (χ1v) is 6.38. The summed E-state index contributed by atoms with van der Waals surface area (Å²) in [6, 6.07) is 12.5. The van der Waals surface area contributed by atoms with Gasteiger partial charge in [-0.3, -0.25) is 9.78 Å². The maximum atomic E-state index is 11.8. The second-order valence-electron chi connectivity index (χ2n) is 4.20. The summed E-state index contributed by atoms with van der Waals surface area (Å²) in [6.07, 6.45) is 3.21. The normalized spacial score (nSPS) is 10.4. The van der Waals surface area contributed by atoms with Crippen molar-refractivity contribution in [3.63, 3.8) is 0 Å². The number of aromatic amines is 1. The van der Waals surface area contributed by atoms with Crippen LogP contribution >= 0.6 is 11.6 Å². The summed E-state index contributed by atoms with van der Waals surface area (Å²) in [5.74, 6) is 0.507. The average molecular weight is 284 g/mol. The molecule has 0 bridgehead atoms. The third-order valence-electron chi connectivity index (χ3n) is 2.85. The molecule has 0 aliphatic heterocycles. The maximum Gasteiger partial charge on any atom is 0.273 e. The number of H-pyrrole nitrogens is 1. The Labute approximate surface area is 120 Å². The number of benzene rings is 1. The van der Waals surface area contributed by atoms with Gasteiger partial charge in [-0.2, -0.15) is 4.98 Å². The molecule has 0 aliphatic carbocycles. The van der Waals surface area contributed by atoms with Crippen molar-refractivity contribution in [1.29, 1.82) is 0 Å². The van der Waals surface area contributed by atoms with E-state index in [4.69, 9.17) is 11.6 Å². The van der Waals surface area contributed by atoms with E-state index < -0.39 is 0 Å². The number of aromatic nitrogens is 3. The quantitative estimate of drug-likeness (QED) is 0.786. The zero-order valence-electron chi connectivity index (χ0n) is 10.4. The van der Waals surface area contributed by atoms with Gasteiger partial charge >= 0.3 is 0 Å². The lowest BCUT2D eigenvalue weighted by atomic mass is 10.1. The van der Waals surface area contributed by atoms with Crippen molar-refractivity contribution in [3.8, 4) is 22.6 Å². The van der Waals surface area contributed by atoms with E-state index >= 15 is 0 Å². The summed E-state index contributed by atoms with van der Waals surface area (Å²) >= 11 is 6.13. The summed E-state index contributed by atoms with van der Waals surface area (Å²) in [4.78, 5) is 22.9. The van der Waals surface area contributed by atoms with Gasteiger partial charge in [0.2, 0.25) is 0 Å². The van der Waals surface area contributed by atoms with Crippen LogP contribution in [0.4, 0.5) is 0 Å². The largest absolute Gasteiger partial charge is 0.339 e. The molecule has 1 N–H and O–H groups in total. The Morgan fingerprint density at radius 3 is 2.65 bits per heavy atom. The van der Waals surface area contributed by atoms with Crippen molar-refractivity contribution in [2.45, 2.75) is 0 Å². The van der Waals surface area contributed by atoms with E-state index in [2.05, 4.69) is 15.0 Å². The molecule has 2 heterocycles. The lowest BCUT2D eigenvalue weighted by Crippen LogP contribution is -2.08. The molecule has 3 aromatic rings. The van der Waals surface area contributed by atoms with Gasteiger partial charge in [0.05, 0.1) is 10.7 Å². The fourth-order valence-corrected chi connectivity index (χ4v) is 2.12. The summed E-state index contributed by atoms with van der Waals surface area (Å²) in [5, 5.41) is 0.529. The van der Waals surface area contributed by atoms with E-state index in [1.54, 1.807) is 18.5 Å². The zero-order valence-corrected chi connectivity index (χ0v) is 11.1. The highest BCUT2D eigenvalue weighted by molar-refractivity contribution is 6.33. The van der Waals surface area contributed by atoms with Crippen LogP contribution in [0.5, 0.6) is 0 Å². The molecule has 0 saturated carbocycles. The average Bonchev–Trinajstić information content (AvgIpc) is 2.48. The molecular weight excluding hydrogens is 274 g/mol. The van der Waals surface area contributed by atoms with Gasteiger partial charge in [-0.15, -0.1) is 0 Å². The van der Waals surface area contributed by atoms with Gasteiger partial charge < -0.3 is 4.98 Å². The van der Waals surface area contributed by atoms with Gasteiger partial charge in [0, 0.05) is 29.6 Å². The number of pyridine rings is 1. The fourth-order valence-electron chi connectivity index (χ4n) is 1.91. The molecule has 0 aliphatic rings. The Balaban J connectivity index is 2.18. The second-order valence-corrected chi connectivity index (χ2v) is 4.61. The minimum Gasteiger partial charge on any atom is -0.339 e. The molecular formula is C15H10ClN3O. The molecule has 0 atom stereocenters. The van der Waals surface area contributed by atoms with Crippen LogP contribution in [0.1, 0.15) is 0 Å². The first-order valence-electron chi connectivity index (χ1n) is 6.01. The van der Waals surface area contributed by atoms with E-state index in [0.717, 1.165) is 5.56 Å². The monoisotopic (exact) mass is 283 g/mol. The van der Waals surface area contributed by atoms with Crippen molar-refractivity contribution < 1.29 is 0 Å². The van der Waals surface area contributed by atoms with E-state index in [1.165, 1.54) is 6.07 Å². The molecule has 20 heavy (non-hydrogen) atoms. The van der Waals surface area contributed by atoms with E-state index in [1.807, 2.05) is 30.3 Å². The molecule has 0 fully saturated rings. The van der Waals surface area contributed by atoms with Gasteiger partial charge in [-0.25, -0.2) is 0 Å². The number of halogens is 1. The number of nitrogens with one attached hydrogen (secondary N) is 1. The van der Waals surface area contributed by atoms with Crippen molar-refractivity contribution in [1.82, 2.24) is 15.0 Å². The molecule has 0 spiro atoms. The minimum absolute atomic E-state index is 0.322. The van der Waals surface area contributed by atoms with Gasteiger partial charge in [0.1, 0.15) is 5.82 Å². The van der Waals surface area contributed by atoms with Gasteiger partial charge in [0.15, 0.2) is 0 Å². The van der Waals surface area contributed by atoms with Gasteiger partial charge in [-0.05, 0) is 6.07 Å². The smallest absolute Gasteiger partial charge is 0.273 e. The van der Waals surface area contributed by atoms with Crippen molar-refractivity contribution in [2.24, 2.45) is 0 Å². The Morgan fingerprint density at radius 1 is 1.10 bits per heavy atom.